The van der Waals surface area contributed by atoms with Gasteiger partial charge >= 0.3 is 0 Å². The fraction of sp³-hybridized carbons (Fsp3) is 0.217. The van der Waals surface area contributed by atoms with Gasteiger partial charge in [-0.15, -0.1) is 5.10 Å². The third-order valence-electron chi connectivity index (χ3n) is 5.04. The largest absolute Gasteiger partial charge is 0.493 e. The molecule has 0 radical (unpaired) electrons. The van der Waals surface area contributed by atoms with Crippen LogP contribution in [0.25, 0.3) is 5.82 Å². The van der Waals surface area contributed by atoms with Crippen LogP contribution >= 0.6 is 0 Å². The SMILES string of the molecule is COc1cccc(/C=N\NC(=O)c2nnn(-c3nonc3N)c2CN(C)C)c1OCc1ccc(F)cc1. The zero-order chi connectivity index (χ0) is 26.4. The number of nitrogens with two attached hydrogens (primary N) is 1. The van der Waals surface area contributed by atoms with E-state index < -0.39 is 5.91 Å². The fourth-order valence-electron chi connectivity index (χ4n) is 3.33. The van der Waals surface area contributed by atoms with Crippen molar-refractivity contribution in [2.45, 2.75) is 13.2 Å². The van der Waals surface area contributed by atoms with E-state index in [1.807, 2.05) is 19.0 Å². The zero-order valence-electron chi connectivity index (χ0n) is 20.3. The van der Waals surface area contributed by atoms with E-state index in [-0.39, 0.29) is 29.8 Å². The van der Waals surface area contributed by atoms with Gasteiger partial charge in [-0.1, -0.05) is 23.4 Å². The maximum atomic E-state index is 13.2. The predicted molar refractivity (Wildman–Crippen MR) is 130 cm³/mol. The number of aromatic nitrogens is 5. The molecule has 4 rings (SSSR count). The van der Waals surface area contributed by atoms with Crippen LogP contribution in [0.15, 0.2) is 52.2 Å². The lowest BCUT2D eigenvalue weighted by Crippen LogP contribution is -2.23. The maximum absolute atomic E-state index is 13.2. The molecular weight excluding hydrogens is 485 g/mol. The van der Waals surface area contributed by atoms with Gasteiger partial charge in [0.2, 0.25) is 11.6 Å². The van der Waals surface area contributed by atoms with Crippen LogP contribution in [0.1, 0.15) is 27.3 Å². The quantitative estimate of drug-likeness (QED) is 0.238. The van der Waals surface area contributed by atoms with Crippen molar-refractivity contribution in [2.24, 2.45) is 5.10 Å². The van der Waals surface area contributed by atoms with Crippen LogP contribution in [-0.2, 0) is 13.2 Å². The lowest BCUT2D eigenvalue weighted by molar-refractivity contribution is 0.0948. The number of anilines is 1. The summed E-state index contributed by atoms with van der Waals surface area (Å²) in [5, 5.41) is 19.3. The number of hydrazone groups is 1. The highest BCUT2D eigenvalue weighted by molar-refractivity contribution is 5.94. The molecule has 1 amide bonds. The fourth-order valence-corrected chi connectivity index (χ4v) is 3.33. The molecule has 0 aliphatic carbocycles. The highest BCUT2D eigenvalue weighted by atomic mass is 19.1. The van der Waals surface area contributed by atoms with Crippen molar-refractivity contribution >= 4 is 17.9 Å². The van der Waals surface area contributed by atoms with E-state index in [0.29, 0.717) is 29.3 Å². The van der Waals surface area contributed by atoms with Gasteiger partial charge in [-0.05, 0) is 54.2 Å². The van der Waals surface area contributed by atoms with Gasteiger partial charge in [0, 0.05) is 12.1 Å². The summed E-state index contributed by atoms with van der Waals surface area (Å²) in [6, 6.07) is 11.2. The summed E-state index contributed by atoms with van der Waals surface area (Å²) in [6.45, 7) is 0.466. The van der Waals surface area contributed by atoms with Crippen LogP contribution in [0, 0.1) is 5.82 Å². The number of rotatable bonds is 10. The lowest BCUT2D eigenvalue weighted by atomic mass is 10.2. The third kappa shape index (κ3) is 5.87. The van der Waals surface area contributed by atoms with Crippen molar-refractivity contribution in [1.82, 2.24) is 35.6 Å². The van der Waals surface area contributed by atoms with Crippen LogP contribution in [0.3, 0.4) is 0 Å². The number of benzene rings is 2. The van der Waals surface area contributed by atoms with Crippen LogP contribution < -0.4 is 20.6 Å². The molecular formula is C23H24FN9O4. The Bertz CT molecular complexity index is 1400. The predicted octanol–water partition coefficient (Wildman–Crippen LogP) is 1.78. The van der Waals surface area contributed by atoms with Gasteiger partial charge in [-0.25, -0.2) is 14.4 Å². The first-order valence-corrected chi connectivity index (χ1v) is 10.9. The molecule has 14 heteroatoms. The second kappa shape index (κ2) is 11.3. The van der Waals surface area contributed by atoms with E-state index in [9.17, 15) is 9.18 Å². The standard InChI is InChI=1S/C23H24FN9O4/c1-32(2)12-17-19(27-31-33(17)22-21(25)29-37-30-22)23(34)28-26-11-15-5-4-6-18(35-3)20(15)36-13-14-7-9-16(24)10-8-14/h4-11H,12-13H2,1-3H3,(H2,25,29)(H,28,34)/b26-11-. The number of nitrogens with one attached hydrogen (secondary N) is 1. The number of halogens is 1. The van der Waals surface area contributed by atoms with Crippen molar-refractivity contribution < 1.29 is 23.3 Å². The molecule has 37 heavy (non-hydrogen) atoms. The molecule has 0 bridgehead atoms. The average Bonchev–Trinajstić information content (AvgIpc) is 3.49. The number of ether oxygens (including phenoxy) is 2. The molecule has 2 aromatic carbocycles. The molecule has 4 aromatic rings. The van der Waals surface area contributed by atoms with Crippen LogP contribution in [0.5, 0.6) is 11.5 Å². The monoisotopic (exact) mass is 509 g/mol. The first-order chi connectivity index (χ1) is 17.9. The Morgan fingerprint density at radius 3 is 2.70 bits per heavy atom. The highest BCUT2D eigenvalue weighted by Crippen LogP contribution is 2.31. The van der Waals surface area contributed by atoms with E-state index in [4.69, 9.17) is 15.2 Å². The topological polar surface area (TPSA) is 159 Å². The molecule has 0 saturated carbocycles. The van der Waals surface area contributed by atoms with Crippen molar-refractivity contribution in [1.29, 1.82) is 0 Å². The molecule has 2 aromatic heterocycles. The van der Waals surface area contributed by atoms with E-state index in [0.717, 1.165) is 5.56 Å². The summed E-state index contributed by atoms with van der Waals surface area (Å²) in [6.07, 6.45) is 1.41. The average molecular weight is 510 g/mol. The minimum Gasteiger partial charge on any atom is -0.493 e. The summed E-state index contributed by atoms with van der Waals surface area (Å²) in [4.78, 5) is 14.7. The normalized spacial score (nSPS) is 11.3. The van der Waals surface area contributed by atoms with Gasteiger partial charge in [-0.3, -0.25) is 4.79 Å². The number of nitrogens with zero attached hydrogens (tertiary/aromatic N) is 7. The number of nitrogen functional groups attached to an aromatic ring is 1. The van der Waals surface area contributed by atoms with Gasteiger partial charge in [0.1, 0.15) is 12.4 Å². The number of hydrogen-bond acceptors (Lipinski definition) is 11. The molecule has 0 spiro atoms. The summed E-state index contributed by atoms with van der Waals surface area (Å²) in [5.41, 5.74) is 9.96. The number of methoxy groups -OCH3 is 1. The Morgan fingerprint density at radius 1 is 1.24 bits per heavy atom. The van der Waals surface area contributed by atoms with Gasteiger partial charge in [0.15, 0.2) is 17.2 Å². The van der Waals surface area contributed by atoms with Crippen LogP contribution in [0.2, 0.25) is 0 Å². The Hall–Kier alpha value is -4.85. The number of para-hydroxylation sites is 1. The number of carbonyl (C=O) groups is 1. The zero-order valence-corrected chi connectivity index (χ0v) is 20.3. The smallest absolute Gasteiger partial charge is 0.293 e. The Labute approximate surface area is 210 Å². The van der Waals surface area contributed by atoms with Crippen LogP contribution in [-0.4, -0.2) is 63.5 Å². The van der Waals surface area contributed by atoms with Crippen LogP contribution in [0.4, 0.5) is 10.2 Å². The summed E-state index contributed by atoms with van der Waals surface area (Å²) in [7, 11) is 5.14. The molecule has 0 aliphatic heterocycles. The second-order valence-electron chi connectivity index (χ2n) is 8.00. The summed E-state index contributed by atoms with van der Waals surface area (Å²) < 4.78 is 30.5. The second-order valence-corrected chi connectivity index (χ2v) is 8.00. The molecule has 0 fully saturated rings. The van der Waals surface area contributed by atoms with Crippen molar-refractivity contribution in [2.75, 3.05) is 26.9 Å². The van der Waals surface area contributed by atoms with E-state index >= 15 is 0 Å². The maximum Gasteiger partial charge on any atom is 0.293 e. The van der Waals surface area contributed by atoms with Crippen molar-refractivity contribution in [3.63, 3.8) is 0 Å². The van der Waals surface area contributed by atoms with Crippen molar-refractivity contribution in [3.05, 3.63) is 70.8 Å². The minimum absolute atomic E-state index is 0.000997. The van der Waals surface area contributed by atoms with Gasteiger partial charge in [-0.2, -0.15) is 9.78 Å². The third-order valence-corrected chi connectivity index (χ3v) is 5.04. The number of hydrogen-bond donors (Lipinski definition) is 2. The first-order valence-electron chi connectivity index (χ1n) is 10.9. The van der Waals surface area contributed by atoms with E-state index in [1.54, 1.807) is 30.3 Å². The van der Waals surface area contributed by atoms with Gasteiger partial charge < -0.3 is 20.1 Å². The minimum atomic E-state index is -0.606. The number of amides is 1. The molecule has 2 heterocycles. The Balaban J connectivity index is 1.53. The van der Waals surface area contributed by atoms with Gasteiger partial charge in [0.05, 0.1) is 19.0 Å². The Morgan fingerprint density at radius 2 is 2.03 bits per heavy atom. The van der Waals surface area contributed by atoms with Crippen molar-refractivity contribution in [3.8, 4) is 17.3 Å². The molecule has 0 aliphatic rings. The molecule has 0 unspecified atom stereocenters. The number of carbonyl (C=O) groups excluding carboxylic acids is 1. The molecule has 13 nitrogen and oxygen atoms in total. The van der Waals surface area contributed by atoms with E-state index in [1.165, 1.54) is 30.1 Å². The molecule has 0 saturated heterocycles. The highest BCUT2D eigenvalue weighted by Gasteiger charge is 2.24. The summed E-state index contributed by atoms with van der Waals surface area (Å²) in [5.74, 6) is 0.0471. The Kier molecular flexibility index (Phi) is 7.68. The lowest BCUT2D eigenvalue weighted by Gasteiger charge is -2.13. The molecule has 3 N–H and O–H groups in total. The first kappa shape index (κ1) is 25.2. The molecule has 192 valence electrons. The summed E-state index contributed by atoms with van der Waals surface area (Å²) >= 11 is 0. The van der Waals surface area contributed by atoms with Gasteiger partial charge in [0.25, 0.3) is 5.91 Å². The van der Waals surface area contributed by atoms with E-state index in [2.05, 4.69) is 35.8 Å². The molecule has 0 atom stereocenters.